The highest BCUT2D eigenvalue weighted by Crippen LogP contribution is 2.38. The van der Waals surface area contributed by atoms with Gasteiger partial charge in [0, 0.05) is 25.1 Å². The van der Waals surface area contributed by atoms with Crippen molar-refractivity contribution in [3.63, 3.8) is 0 Å². The fourth-order valence-corrected chi connectivity index (χ4v) is 3.25. The van der Waals surface area contributed by atoms with E-state index >= 15 is 0 Å². The number of hydrogen-bond acceptors (Lipinski definition) is 5. The Morgan fingerprint density at radius 2 is 2.08 bits per heavy atom. The average Bonchev–Trinajstić information content (AvgIpc) is 3.17. The van der Waals surface area contributed by atoms with Gasteiger partial charge in [-0.3, -0.25) is 0 Å². The van der Waals surface area contributed by atoms with Crippen molar-refractivity contribution in [1.82, 2.24) is 20.8 Å². The summed E-state index contributed by atoms with van der Waals surface area (Å²) < 4.78 is 11.1. The molecule has 1 atom stereocenters. The molecule has 3 aliphatic rings. The van der Waals surface area contributed by atoms with Crippen molar-refractivity contribution in [1.29, 1.82) is 0 Å². The number of aromatic nitrogens is 2. The first-order chi connectivity index (χ1) is 12.4. The Morgan fingerprint density at radius 3 is 2.84 bits per heavy atom. The standard InChI is InChI=1S/C18H27N5O2/c1-2-6-14(5-1)21-18(19-11-15-7-3-4-10-24-15)20-12-16-22-17(23-25-16)13-8-9-13/h1-2,13-15H,3-12H2,(H2,19,20,21). The molecule has 2 fully saturated rings. The number of hydrogen-bond donors (Lipinski definition) is 2. The number of nitrogens with zero attached hydrogens (tertiary/aromatic N) is 3. The Balaban J connectivity index is 1.34. The van der Waals surface area contributed by atoms with Crippen LogP contribution in [0.2, 0.25) is 0 Å². The summed E-state index contributed by atoms with van der Waals surface area (Å²) in [4.78, 5) is 9.10. The van der Waals surface area contributed by atoms with Crippen molar-refractivity contribution in [3.8, 4) is 0 Å². The largest absolute Gasteiger partial charge is 0.376 e. The molecule has 1 saturated heterocycles. The number of guanidine groups is 1. The summed E-state index contributed by atoms with van der Waals surface area (Å²) in [6, 6.07) is 0.406. The average molecular weight is 345 g/mol. The van der Waals surface area contributed by atoms with Crippen molar-refractivity contribution < 1.29 is 9.26 Å². The zero-order chi connectivity index (χ0) is 16.9. The van der Waals surface area contributed by atoms with Gasteiger partial charge in [0.05, 0.1) is 6.10 Å². The third kappa shape index (κ3) is 4.81. The molecule has 136 valence electrons. The van der Waals surface area contributed by atoms with Crippen LogP contribution in [0.5, 0.6) is 0 Å². The van der Waals surface area contributed by atoms with Crippen molar-refractivity contribution >= 4 is 5.96 Å². The van der Waals surface area contributed by atoms with Gasteiger partial charge < -0.3 is 19.9 Å². The van der Waals surface area contributed by atoms with E-state index in [2.05, 4.69) is 37.9 Å². The topological polar surface area (TPSA) is 84.6 Å². The zero-order valence-electron chi connectivity index (χ0n) is 14.6. The Labute approximate surface area is 148 Å². The van der Waals surface area contributed by atoms with E-state index in [1.54, 1.807) is 0 Å². The van der Waals surface area contributed by atoms with E-state index in [-0.39, 0.29) is 6.10 Å². The van der Waals surface area contributed by atoms with Crippen LogP contribution < -0.4 is 10.6 Å². The summed E-state index contributed by atoms with van der Waals surface area (Å²) in [6.45, 7) is 2.05. The lowest BCUT2D eigenvalue weighted by Gasteiger charge is -2.24. The van der Waals surface area contributed by atoms with Crippen LogP contribution in [0.3, 0.4) is 0 Å². The van der Waals surface area contributed by atoms with Gasteiger partial charge in [-0.25, -0.2) is 4.99 Å². The van der Waals surface area contributed by atoms with E-state index in [1.165, 1.54) is 25.7 Å². The highest BCUT2D eigenvalue weighted by atomic mass is 16.5. The quantitative estimate of drug-likeness (QED) is 0.467. The van der Waals surface area contributed by atoms with Gasteiger partial charge >= 0.3 is 0 Å². The van der Waals surface area contributed by atoms with Gasteiger partial charge in [0.25, 0.3) is 0 Å². The summed E-state index contributed by atoms with van der Waals surface area (Å²) in [6.07, 6.45) is 12.6. The number of rotatable bonds is 6. The van der Waals surface area contributed by atoms with E-state index in [1.807, 2.05) is 0 Å². The first kappa shape index (κ1) is 16.6. The molecule has 1 aromatic rings. The second-order valence-corrected chi connectivity index (χ2v) is 7.14. The summed E-state index contributed by atoms with van der Waals surface area (Å²) in [5.41, 5.74) is 0. The third-order valence-corrected chi connectivity index (χ3v) is 4.92. The summed E-state index contributed by atoms with van der Waals surface area (Å²) in [7, 11) is 0. The van der Waals surface area contributed by atoms with Crippen LogP contribution in [0, 0.1) is 0 Å². The van der Waals surface area contributed by atoms with Crippen LogP contribution in [0.4, 0.5) is 0 Å². The minimum Gasteiger partial charge on any atom is -0.376 e. The molecule has 25 heavy (non-hydrogen) atoms. The molecule has 0 bridgehead atoms. The molecular formula is C18H27N5O2. The molecule has 0 aromatic carbocycles. The Kier molecular flexibility index (Phi) is 5.30. The molecule has 7 nitrogen and oxygen atoms in total. The van der Waals surface area contributed by atoms with Crippen molar-refractivity contribution in [2.24, 2.45) is 4.99 Å². The molecule has 2 N–H and O–H groups in total. The van der Waals surface area contributed by atoms with Crippen LogP contribution in [-0.4, -0.2) is 41.4 Å². The van der Waals surface area contributed by atoms with Gasteiger partial charge in [0.2, 0.25) is 5.89 Å². The van der Waals surface area contributed by atoms with Crippen LogP contribution in [0.25, 0.3) is 0 Å². The highest BCUT2D eigenvalue weighted by Gasteiger charge is 2.28. The number of aliphatic imine (C=N–C) groups is 1. The summed E-state index contributed by atoms with van der Waals surface area (Å²) in [5, 5.41) is 11.0. The summed E-state index contributed by atoms with van der Waals surface area (Å²) in [5.74, 6) is 2.73. The van der Waals surface area contributed by atoms with Crippen LogP contribution in [0.1, 0.15) is 62.6 Å². The molecule has 1 aromatic heterocycles. The molecular weight excluding hydrogens is 318 g/mol. The maximum atomic E-state index is 5.80. The van der Waals surface area contributed by atoms with E-state index in [0.717, 1.165) is 44.2 Å². The summed E-state index contributed by atoms with van der Waals surface area (Å²) >= 11 is 0. The van der Waals surface area contributed by atoms with Gasteiger partial charge in [0.15, 0.2) is 11.8 Å². The Morgan fingerprint density at radius 1 is 1.20 bits per heavy atom. The first-order valence-corrected chi connectivity index (χ1v) is 9.51. The lowest BCUT2D eigenvalue weighted by molar-refractivity contribution is 0.0194. The third-order valence-electron chi connectivity index (χ3n) is 4.92. The molecule has 7 heteroatoms. The molecule has 4 rings (SSSR count). The van der Waals surface area contributed by atoms with Crippen LogP contribution >= 0.6 is 0 Å². The van der Waals surface area contributed by atoms with Crippen molar-refractivity contribution in [3.05, 3.63) is 23.9 Å². The number of nitrogens with one attached hydrogen (secondary N) is 2. The lowest BCUT2D eigenvalue weighted by atomic mass is 10.1. The fraction of sp³-hybridized carbons (Fsp3) is 0.722. The van der Waals surface area contributed by atoms with E-state index in [0.29, 0.717) is 24.4 Å². The molecule has 1 aliphatic heterocycles. The zero-order valence-corrected chi connectivity index (χ0v) is 14.6. The predicted molar refractivity (Wildman–Crippen MR) is 94.3 cm³/mol. The normalized spacial score (nSPS) is 24.6. The molecule has 1 unspecified atom stereocenters. The molecule has 2 heterocycles. The van der Waals surface area contributed by atoms with Gasteiger partial charge in [0.1, 0.15) is 6.54 Å². The second kappa shape index (κ2) is 7.99. The smallest absolute Gasteiger partial charge is 0.248 e. The van der Waals surface area contributed by atoms with Crippen LogP contribution in [-0.2, 0) is 11.3 Å². The van der Waals surface area contributed by atoms with Crippen molar-refractivity contribution in [2.75, 3.05) is 13.2 Å². The van der Waals surface area contributed by atoms with E-state index < -0.39 is 0 Å². The minimum atomic E-state index is 0.271. The predicted octanol–water partition coefficient (Wildman–Crippen LogP) is 2.27. The molecule has 0 radical (unpaired) electrons. The minimum absolute atomic E-state index is 0.271. The van der Waals surface area contributed by atoms with E-state index in [9.17, 15) is 0 Å². The molecule has 2 aliphatic carbocycles. The first-order valence-electron chi connectivity index (χ1n) is 9.51. The maximum absolute atomic E-state index is 5.80. The Hall–Kier alpha value is -1.89. The highest BCUT2D eigenvalue weighted by molar-refractivity contribution is 5.80. The van der Waals surface area contributed by atoms with Gasteiger partial charge in [-0.2, -0.15) is 4.98 Å². The van der Waals surface area contributed by atoms with Crippen molar-refractivity contribution in [2.45, 2.75) is 69.6 Å². The second-order valence-electron chi connectivity index (χ2n) is 7.14. The Bertz CT molecular complexity index is 609. The van der Waals surface area contributed by atoms with Gasteiger partial charge in [-0.05, 0) is 44.9 Å². The number of ether oxygens (including phenoxy) is 1. The molecule has 0 amide bonds. The van der Waals surface area contributed by atoms with E-state index in [4.69, 9.17) is 9.26 Å². The molecule has 1 saturated carbocycles. The van der Waals surface area contributed by atoms with Gasteiger partial charge in [-0.15, -0.1) is 0 Å². The van der Waals surface area contributed by atoms with Gasteiger partial charge in [-0.1, -0.05) is 17.3 Å². The lowest BCUT2D eigenvalue weighted by Crippen LogP contribution is -2.46. The SMILES string of the molecule is C1=CCC(NC(=NCc2nc(C3CC3)no2)NCC2CCCCO2)C1. The molecule has 0 spiro atoms. The fourth-order valence-electron chi connectivity index (χ4n) is 3.25. The van der Waals surface area contributed by atoms with Crippen LogP contribution in [0.15, 0.2) is 21.7 Å². The monoisotopic (exact) mass is 345 g/mol. The maximum Gasteiger partial charge on any atom is 0.248 e.